The van der Waals surface area contributed by atoms with Crippen molar-refractivity contribution in [2.75, 3.05) is 29.4 Å². The minimum absolute atomic E-state index is 0.200. The van der Waals surface area contributed by atoms with Crippen LogP contribution in [0, 0.1) is 0 Å². The number of halogens is 1. The Morgan fingerprint density at radius 3 is 2.50 bits per heavy atom. The van der Waals surface area contributed by atoms with Crippen molar-refractivity contribution in [1.82, 2.24) is 5.32 Å². The summed E-state index contributed by atoms with van der Waals surface area (Å²) < 4.78 is 26.0. The summed E-state index contributed by atoms with van der Waals surface area (Å²) in [6, 6.07) is 6.86. The van der Waals surface area contributed by atoms with Crippen LogP contribution in [0.15, 0.2) is 28.7 Å². The Kier molecular flexibility index (Phi) is 7.43. The molecule has 0 radical (unpaired) electrons. The molecule has 0 unspecified atom stereocenters. The zero-order chi connectivity index (χ0) is 17.6. The van der Waals surface area contributed by atoms with Crippen molar-refractivity contribution in [1.29, 1.82) is 0 Å². The largest absolute Gasteiger partial charge is 0.354 e. The summed E-state index contributed by atoms with van der Waals surface area (Å²) in [5.41, 5.74) is 0.483. The summed E-state index contributed by atoms with van der Waals surface area (Å²) in [5.74, 6) is 0.587. The number of sulfonamides is 1. The van der Waals surface area contributed by atoms with Gasteiger partial charge in [-0.3, -0.25) is 9.10 Å². The molecule has 1 N–H and O–H groups in total. The van der Waals surface area contributed by atoms with Gasteiger partial charge in [0.05, 0.1) is 11.9 Å². The highest BCUT2D eigenvalue weighted by Crippen LogP contribution is 2.28. The molecule has 0 spiro atoms. The van der Waals surface area contributed by atoms with Crippen molar-refractivity contribution < 1.29 is 13.2 Å². The molecule has 1 aromatic carbocycles. The Morgan fingerprint density at radius 2 is 1.92 bits per heavy atom. The third-order valence-electron chi connectivity index (χ3n) is 3.88. The zero-order valence-electron chi connectivity index (χ0n) is 13.7. The first-order chi connectivity index (χ1) is 11.4. The highest BCUT2D eigenvalue weighted by molar-refractivity contribution is 9.10. The fourth-order valence-electron chi connectivity index (χ4n) is 2.66. The smallest absolute Gasteiger partial charge is 0.240 e. The average molecular weight is 435 g/mol. The van der Waals surface area contributed by atoms with E-state index in [-0.39, 0.29) is 12.5 Å². The lowest BCUT2D eigenvalue weighted by Crippen LogP contribution is -2.41. The second-order valence-corrected chi connectivity index (χ2v) is 10.1. The summed E-state index contributed by atoms with van der Waals surface area (Å²) in [6.45, 7) is 0.368. The Morgan fingerprint density at radius 1 is 1.29 bits per heavy atom. The molecule has 0 saturated heterocycles. The zero-order valence-corrected chi connectivity index (χ0v) is 16.9. The minimum atomic E-state index is -3.52. The first-order valence-electron chi connectivity index (χ1n) is 7.98. The van der Waals surface area contributed by atoms with Gasteiger partial charge >= 0.3 is 0 Å². The van der Waals surface area contributed by atoms with E-state index in [9.17, 15) is 13.2 Å². The molecule has 5 nitrogen and oxygen atoms in total. The van der Waals surface area contributed by atoms with Gasteiger partial charge in [0.1, 0.15) is 6.54 Å². The molecule has 0 bridgehead atoms. The fourth-order valence-corrected chi connectivity index (χ4v) is 5.01. The van der Waals surface area contributed by atoms with Crippen LogP contribution in [0.3, 0.4) is 0 Å². The molecule has 0 aliphatic heterocycles. The van der Waals surface area contributed by atoms with Crippen LogP contribution in [0.5, 0.6) is 0 Å². The standard InChI is InChI=1S/C16H23BrN2O3S2/c1-24(21,22)19(14-8-6-13(17)7-9-14)12-16(20)18-10-11-23-15-4-2-3-5-15/h6-9,15H,2-5,10-12H2,1H3,(H,18,20). The molecule has 134 valence electrons. The van der Waals surface area contributed by atoms with Crippen LogP contribution in [0.25, 0.3) is 0 Å². The summed E-state index contributed by atoms with van der Waals surface area (Å²) in [7, 11) is -3.52. The topological polar surface area (TPSA) is 66.5 Å². The summed E-state index contributed by atoms with van der Waals surface area (Å²) in [4.78, 5) is 12.1. The fraction of sp³-hybridized carbons (Fsp3) is 0.562. The number of benzene rings is 1. The first kappa shape index (κ1) is 19.6. The van der Waals surface area contributed by atoms with Gasteiger partial charge in [0, 0.05) is 22.0 Å². The van der Waals surface area contributed by atoms with Crippen LogP contribution in [0.4, 0.5) is 5.69 Å². The molecule has 1 aliphatic carbocycles. The van der Waals surface area contributed by atoms with E-state index in [4.69, 9.17) is 0 Å². The van der Waals surface area contributed by atoms with Crippen LogP contribution < -0.4 is 9.62 Å². The Hall–Kier alpha value is -0.730. The second-order valence-electron chi connectivity index (χ2n) is 5.87. The monoisotopic (exact) mass is 434 g/mol. The summed E-state index contributed by atoms with van der Waals surface area (Å²) >= 11 is 5.21. The Balaban J connectivity index is 1.84. The van der Waals surface area contributed by atoms with Gasteiger partial charge in [0.15, 0.2) is 0 Å². The molecule has 2 rings (SSSR count). The van der Waals surface area contributed by atoms with Gasteiger partial charge in [-0.2, -0.15) is 11.8 Å². The van der Waals surface area contributed by atoms with Crippen LogP contribution >= 0.6 is 27.7 Å². The van der Waals surface area contributed by atoms with E-state index in [2.05, 4.69) is 21.2 Å². The second kappa shape index (κ2) is 9.10. The van der Waals surface area contributed by atoms with E-state index in [0.29, 0.717) is 12.2 Å². The molecule has 1 amide bonds. The van der Waals surface area contributed by atoms with Crippen LogP contribution in [-0.2, 0) is 14.8 Å². The van der Waals surface area contributed by atoms with E-state index in [1.165, 1.54) is 25.7 Å². The lowest BCUT2D eigenvalue weighted by atomic mass is 10.3. The number of carbonyl (C=O) groups excluding carboxylic acids is 1. The normalized spacial score (nSPS) is 15.4. The average Bonchev–Trinajstić information content (AvgIpc) is 3.02. The van der Waals surface area contributed by atoms with Crippen molar-refractivity contribution in [2.45, 2.75) is 30.9 Å². The van der Waals surface area contributed by atoms with Crippen LogP contribution in [0.1, 0.15) is 25.7 Å². The van der Waals surface area contributed by atoms with E-state index in [0.717, 1.165) is 26.0 Å². The number of anilines is 1. The maximum absolute atomic E-state index is 12.1. The number of hydrogen-bond acceptors (Lipinski definition) is 4. The minimum Gasteiger partial charge on any atom is -0.354 e. The number of carbonyl (C=O) groups is 1. The third-order valence-corrected chi connectivity index (χ3v) is 6.93. The molecule has 8 heteroatoms. The van der Waals surface area contributed by atoms with Gasteiger partial charge < -0.3 is 5.32 Å². The van der Waals surface area contributed by atoms with Crippen molar-refractivity contribution in [3.63, 3.8) is 0 Å². The predicted octanol–water partition coefficient (Wildman–Crippen LogP) is 3.01. The number of nitrogens with one attached hydrogen (secondary N) is 1. The molecule has 1 fully saturated rings. The Labute approximate surface area is 156 Å². The van der Waals surface area contributed by atoms with E-state index in [1.807, 2.05) is 11.8 Å². The summed E-state index contributed by atoms with van der Waals surface area (Å²) in [6.07, 6.45) is 6.26. The van der Waals surface area contributed by atoms with E-state index < -0.39 is 10.0 Å². The SMILES string of the molecule is CS(=O)(=O)N(CC(=O)NCCSC1CCCC1)c1ccc(Br)cc1. The van der Waals surface area contributed by atoms with Gasteiger partial charge in [-0.1, -0.05) is 28.8 Å². The predicted molar refractivity (Wildman–Crippen MR) is 104 cm³/mol. The number of amides is 1. The molecule has 24 heavy (non-hydrogen) atoms. The third kappa shape index (κ3) is 6.29. The number of nitrogens with zero attached hydrogens (tertiary/aromatic N) is 1. The first-order valence-corrected chi connectivity index (χ1v) is 11.7. The van der Waals surface area contributed by atoms with Crippen molar-refractivity contribution in [3.8, 4) is 0 Å². The van der Waals surface area contributed by atoms with Gasteiger partial charge in [0.25, 0.3) is 0 Å². The number of thioether (sulfide) groups is 1. The molecule has 0 atom stereocenters. The van der Waals surface area contributed by atoms with Crippen molar-refractivity contribution in [2.24, 2.45) is 0 Å². The molecule has 0 heterocycles. The van der Waals surface area contributed by atoms with Gasteiger partial charge in [-0.15, -0.1) is 0 Å². The van der Waals surface area contributed by atoms with Crippen molar-refractivity contribution in [3.05, 3.63) is 28.7 Å². The molecule has 1 aromatic rings. The van der Waals surface area contributed by atoms with Gasteiger partial charge in [-0.05, 0) is 37.1 Å². The van der Waals surface area contributed by atoms with Crippen LogP contribution in [-0.4, -0.2) is 44.7 Å². The maximum Gasteiger partial charge on any atom is 0.240 e. The lowest BCUT2D eigenvalue weighted by Gasteiger charge is -2.22. The van der Waals surface area contributed by atoms with Crippen molar-refractivity contribution >= 4 is 49.3 Å². The lowest BCUT2D eigenvalue weighted by molar-refractivity contribution is -0.119. The molecular formula is C16H23BrN2O3S2. The van der Waals surface area contributed by atoms with E-state index >= 15 is 0 Å². The van der Waals surface area contributed by atoms with Crippen LogP contribution in [0.2, 0.25) is 0 Å². The van der Waals surface area contributed by atoms with E-state index in [1.54, 1.807) is 24.3 Å². The maximum atomic E-state index is 12.1. The highest BCUT2D eigenvalue weighted by Gasteiger charge is 2.21. The Bertz CT molecular complexity index is 644. The quantitative estimate of drug-likeness (QED) is 0.638. The highest BCUT2D eigenvalue weighted by atomic mass is 79.9. The molecule has 1 aliphatic rings. The van der Waals surface area contributed by atoms with Gasteiger partial charge in [-0.25, -0.2) is 8.42 Å². The molecular weight excluding hydrogens is 412 g/mol. The molecule has 1 saturated carbocycles. The molecule has 0 aromatic heterocycles. The summed E-state index contributed by atoms with van der Waals surface area (Å²) in [5, 5.41) is 3.53. The number of hydrogen-bond donors (Lipinski definition) is 1. The number of rotatable bonds is 8. The van der Waals surface area contributed by atoms with Gasteiger partial charge in [0.2, 0.25) is 15.9 Å².